The number of carbonyl (C=O) groups excluding carboxylic acids is 3. The molecule has 2 aromatic carbocycles. The van der Waals surface area contributed by atoms with Crippen LogP contribution in [0.1, 0.15) is 96.0 Å². The summed E-state index contributed by atoms with van der Waals surface area (Å²) in [5, 5.41) is 54.0. The minimum absolute atomic E-state index is 0.0332. The van der Waals surface area contributed by atoms with Crippen LogP contribution in [0.5, 0.6) is 17.2 Å². The van der Waals surface area contributed by atoms with Crippen LogP contribution in [0.25, 0.3) is 0 Å². The molecule has 2 aromatic rings. The van der Waals surface area contributed by atoms with Crippen molar-refractivity contribution in [1.82, 2.24) is 0 Å². The van der Waals surface area contributed by atoms with Gasteiger partial charge in [0.25, 0.3) is 0 Å². The van der Waals surface area contributed by atoms with Crippen LogP contribution in [-0.2, 0) is 30.2 Å². The Morgan fingerprint density at radius 2 is 1.81 bits per heavy atom. The van der Waals surface area contributed by atoms with Gasteiger partial charge in [0.2, 0.25) is 5.78 Å². The quantitative estimate of drug-likeness (QED) is 0.126. The van der Waals surface area contributed by atoms with Crippen molar-refractivity contribution < 1.29 is 63.6 Å². The number of hydrogen-bond donors (Lipinski definition) is 6. The molecular formula is C34H43NO13. The standard InChI is InChI=1S/C34H43NO13/c1-14(37)9-23(45-15(2)13-36)48-33-16(3)46-24(10-20(33)35)47-22-12-34(43,17(4)38)11-19-26(22)32(42)28-27(30(19)40)29(39)18-7-6-8-21(44-5)25(18)31(28)41/h6-8,14-16,20,22-24,33,36-37,40,42-43H,9-13,35H2,1-5H3/t14-,15+,16-,20-,22-,23-,24+,33+,34-/m0/s1. The highest BCUT2D eigenvalue weighted by atomic mass is 16.7. The summed E-state index contributed by atoms with van der Waals surface area (Å²) >= 11 is 0. The summed E-state index contributed by atoms with van der Waals surface area (Å²) in [4.78, 5) is 40.2. The van der Waals surface area contributed by atoms with Crippen LogP contribution in [0, 0.1) is 0 Å². The largest absolute Gasteiger partial charge is 0.507 e. The molecule has 14 heteroatoms. The third kappa shape index (κ3) is 6.46. The number of phenolic OH excluding ortho intramolecular Hbond substituents is 2. The molecule has 0 saturated carbocycles. The lowest BCUT2D eigenvalue weighted by Gasteiger charge is -2.43. The zero-order valence-electron chi connectivity index (χ0n) is 27.5. The number of ketones is 3. The highest BCUT2D eigenvalue weighted by Crippen LogP contribution is 2.52. The average Bonchev–Trinajstić information content (AvgIpc) is 3.02. The van der Waals surface area contributed by atoms with E-state index in [4.69, 9.17) is 29.4 Å². The summed E-state index contributed by atoms with van der Waals surface area (Å²) in [7, 11) is 1.33. The number of ether oxygens (including phenoxy) is 5. The Kier molecular flexibility index (Phi) is 10.3. The van der Waals surface area contributed by atoms with Crippen LogP contribution in [0.15, 0.2) is 18.2 Å². The van der Waals surface area contributed by atoms with Gasteiger partial charge in [0.1, 0.15) is 29.0 Å². The summed E-state index contributed by atoms with van der Waals surface area (Å²) in [5.41, 5.74) is 3.28. The Hall–Kier alpha value is -3.47. The Morgan fingerprint density at radius 1 is 1.12 bits per heavy atom. The molecule has 5 rings (SSSR count). The van der Waals surface area contributed by atoms with Gasteiger partial charge in [0, 0.05) is 48.4 Å². The Labute approximate surface area is 277 Å². The smallest absolute Gasteiger partial charge is 0.202 e. The van der Waals surface area contributed by atoms with Crippen molar-refractivity contribution in [2.24, 2.45) is 5.73 Å². The molecule has 0 amide bonds. The molecule has 0 unspecified atom stereocenters. The molecule has 9 atom stereocenters. The number of nitrogens with two attached hydrogens (primary N) is 1. The molecule has 3 aliphatic rings. The van der Waals surface area contributed by atoms with E-state index in [0.717, 1.165) is 0 Å². The Bertz CT molecular complexity index is 1580. The van der Waals surface area contributed by atoms with Crippen LogP contribution in [0.4, 0.5) is 0 Å². The number of benzene rings is 2. The number of rotatable bonds is 11. The number of fused-ring (bicyclic) bond motifs is 3. The number of methoxy groups -OCH3 is 1. The first-order valence-corrected chi connectivity index (χ1v) is 15.9. The second kappa shape index (κ2) is 13.8. The maximum atomic E-state index is 13.8. The maximum absolute atomic E-state index is 13.8. The van der Waals surface area contributed by atoms with Crippen molar-refractivity contribution in [1.29, 1.82) is 0 Å². The SMILES string of the molecule is COc1cccc2c1C(=O)c1c(O)c3c(c(O)c1C2=O)C[C@@](O)(C(C)=O)C[C@@H]3O[C@@H]1C[C@H](N)[C@H](O[C@@H](C[C@H](C)O)O[C@H](C)CO)[C@H](C)O1. The van der Waals surface area contributed by atoms with Gasteiger partial charge in [-0.05, 0) is 33.8 Å². The summed E-state index contributed by atoms with van der Waals surface area (Å²) in [5.74, 6) is -3.31. The summed E-state index contributed by atoms with van der Waals surface area (Å²) in [6.07, 6.45) is -6.71. The highest BCUT2D eigenvalue weighted by Gasteiger charge is 2.49. The molecular weight excluding hydrogens is 630 g/mol. The monoisotopic (exact) mass is 673 g/mol. The van der Waals surface area contributed by atoms with Gasteiger partial charge in [-0.25, -0.2) is 0 Å². The van der Waals surface area contributed by atoms with Crippen molar-refractivity contribution in [3.05, 3.63) is 51.6 Å². The van der Waals surface area contributed by atoms with Gasteiger partial charge in [-0.2, -0.15) is 0 Å². The molecule has 1 aliphatic heterocycles. The average molecular weight is 674 g/mol. The molecule has 1 saturated heterocycles. The summed E-state index contributed by atoms with van der Waals surface area (Å²) in [6.45, 7) is 5.82. The molecule has 1 fully saturated rings. The van der Waals surface area contributed by atoms with E-state index in [-0.39, 0.29) is 53.9 Å². The number of aromatic hydroxyl groups is 2. The molecule has 0 radical (unpaired) electrons. The first kappa shape index (κ1) is 35.8. The molecule has 7 N–H and O–H groups in total. The lowest BCUT2D eigenvalue weighted by atomic mass is 9.72. The van der Waals surface area contributed by atoms with Gasteiger partial charge in [-0.3, -0.25) is 14.4 Å². The zero-order chi connectivity index (χ0) is 35.2. The number of carbonyl (C=O) groups is 3. The van der Waals surface area contributed by atoms with E-state index in [1.54, 1.807) is 20.8 Å². The van der Waals surface area contributed by atoms with Gasteiger partial charge in [-0.1, -0.05) is 12.1 Å². The van der Waals surface area contributed by atoms with Crippen LogP contribution >= 0.6 is 0 Å². The van der Waals surface area contributed by atoms with Crippen molar-refractivity contribution in [2.75, 3.05) is 13.7 Å². The minimum Gasteiger partial charge on any atom is -0.507 e. The van der Waals surface area contributed by atoms with Crippen LogP contribution in [0.2, 0.25) is 0 Å². The minimum atomic E-state index is -2.05. The van der Waals surface area contributed by atoms with E-state index in [0.29, 0.717) is 0 Å². The topological polar surface area (TPSA) is 225 Å². The number of aliphatic hydroxyl groups excluding tert-OH is 2. The second-order valence-electron chi connectivity index (χ2n) is 12.9. The van der Waals surface area contributed by atoms with Crippen LogP contribution in [0.3, 0.4) is 0 Å². The van der Waals surface area contributed by atoms with Crippen LogP contribution in [-0.4, -0.2) is 105 Å². The van der Waals surface area contributed by atoms with Gasteiger partial charge in [0.05, 0.1) is 54.8 Å². The van der Waals surface area contributed by atoms with Crippen molar-refractivity contribution in [2.45, 2.75) is 108 Å². The van der Waals surface area contributed by atoms with E-state index >= 15 is 0 Å². The van der Waals surface area contributed by atoms with Gasteiger partial charge in [-0.15, -0.1) is 0 Å². The molecule has 2 aliphatic carbocycles. The normalized spacial score (nSPS) is 28.6. The molecule has 0 spiro atoms. The molecule has 262 valence electrons. The van der Waals surface area contributed by atoms with Crippen LogP contribution < -0.4 is 10.5 Å². The molecule has 0 aromatic heterocycles. The Balaban J connectivity index is 1.49. The van der Waals surface area contributed by atoms with E-state index in [1.807, 2.05) is 0 Å². The van der Waals surface area contributed by atoms with Crippen molar-refractivity contribution >= 4 is 17.3 Å². The fraction of sp³-hybridized carbons (Fsp3) is 0.559. The fourth-order valence-electron chi connectivity index (χ4n) is 6.76. The molecule has 14 nitrogen and oxygen atoms in total. The second-order valence-corrected chi connectivity index (χ2v) is 12.9. The maximum Gasteiger partial charge on any atom is 0.202 e. The first-order valence-electron chi connectivity index (χ1n) is 15.9. The third-order valence-electron chi connectivity index (χ3n) is 9.25. The van der Waals surface area contributed by atoms with E-state index in [2.05, 4.69) is 0 Å². The van der Waals surface area contributed by atoms with Gasteiger partial charge < -0.3 is 55.0 Å². The van der Waals surface area contributed by atoms with Crippen molar-refractivity contribution in [3.63, 3.8) is 0 Å². The first-order chi connectivity index (χ1) is 22.6. The van der Waals surface area contributed by atoms with Gasteiger partial charge in [0.15, 0.2) is 24.1 Å². The van der Waals surface area contributed by atoms with E-state index in [9.17, 15) is 39.9 Å². The number of phenols is 2. The van der Waals surface area contributed by atoms with E-state index < -0.39 is 101 Å². The number of aliphatic hydroxyl groups is 3. The highest BCUT2D eigenvalue weighted by molar-refractivity contribution is 6.31. The zero-order valence-corrected chi connectivity index (χ0v) is 27.5. The summed E-state index contributed by atoms with van der Waals surface area (Å²) in [6, 6.07) is 3.72. The predicted octanol–water partition coefficient (Wildman–Crippen LogP) is 1.55. The predicted molar refractivity (Wildman–Crippen MR) is 167 cm³/mol. The molecule has 0 bridgehead atoms. The van der Waals surface area contributed by atoms with E-state index in [1.165, 1.54) is 32.2 Å². The molecule has 1 heterocycles. The third-order valence-corrected chi connectivity index (χ3v) is 9.25. The lowest BCUT2D eigenvalue weighted by Crippen LogP contribution is -2.55. The lowest BCUT2D eigenvalue weighted by molar-refractivity contribution is -0.285. The summed E-state index contributed by atoms with van der Waals surface area (Å²) < 4.78 is 29.5. The Morgan fingerprint density at radius 3 is 2.42 bits per heavy atom. The van der Waals surface area contributed by atoms with Crippen molar-refractivity contribution in [3.8, 4) is 17.2 Å². The fourth-order valence-corrected chi connectivity index (χ4v) is 6.76. The van der Waals surface area contributed by atoms with Gasteiger partial charge >= 0.3 is 0 Å². The molecule has 48 heavy (non-hydrogen) atoms. The number of Topliss-reactive ketones (excluding diaryl/α,β-unsaturated/α-hetero) is 1. The number of hydrogen-bond acceptors (Lipinski definition) is 14.